The van der Waals surface area contributed by atoms with Crippen molar-refractivity contribution in [1.82, 2.24) is 4.90 Å². The van der Waals surface area contributed by atoms with Crippen LogP contribution in [-0.2, 0) is 9.84 Å². The molecule has 0 aliphatic rings. The van der Waals surface area contributed by atoms with E-state index in [4.69, 9.17) is 10.5 Å². The van der Waals surface area contributed by atoms with Gasteiger partial charge in [0.1, 0.15) is 22.2 Å². The lowest BCUT2D eigenvalue weighted by atomic mass is 10.3. The van der Waals surface area contributed by atoms with E-state index >= 15 is 0 Å². The number of rotatable bonds is 7. The average molecular weight is 272 g/mol. The molecule has 0 radical (unpaired) electrons. The van der Waals surface area contributed by atoms with Crippen LogP contribution in [0.25, 0.3) is 0 Å². The number of benzene rings is 1. The second-order valence-corrected chi connectivity index (χ2v) is 6.58. The summed E-state index contributed by atoms with van der Waals surface area (Å²) in [5.74, 6) is 0.825. The van der Waals surface area contributed by atoms with Gasteiger partial charge in [-0.25, -0.2) is 8.42 Å². The lowest BCUT2D eigenvalue weighted by Gasteiger charge is -2.16. The van der Waals surface area contributed by atoms with E-state index in [1.807, 2.05) is 30.1 Å². The molecule has 0 spiro atoms. The monoisotopic (exact) mass is 272 g/mol. The number of nitrogens with zero attached hydrogens (tertiary/aromatic N) is 1. The highest BCUT2D eigenvalue weighted by atomic mass is 32.2. The fourth-order valence-corrected chi connectivity index (χ4v) is 2.00. The summed E-state index contributed by atoms with van der Waals surface area (Å²) in [6, 6.07) is 7.30. The van der Waals surface area contributed by atoms with Gasteiger partial charge in [0, 0.05) is 19.3 Å². The van der Waals surface area contributed by atoms with E-state index in [9.17, 15) is 8.42 Å². The minimum atomic E-state index is -2.91. The molecule has 0 atom stereocenters. The van der Waals surface area contributed by atoms with E-state index in [1.54, 1.807) is 6.07 Å². The first-order valence-corrected chi connectivity index (χ1v) is 7.78. The summed E-state index contributed by atoms with van der Waals surface area (Å²) in [4.78, 5) is 1.92. The molecule has 2 N–H and O–H groups in total. The molecule has 6 heteroatoms. The second-order valence-electron chi connectivity index (χ2n) is 4.32. The van der Waals surface area contributed by atoms with Gasteiger partial charge >= 0.3 is 0 Å². The maximum atomic E-state index is 11.0. The number of likely N-dealkylation sites (N-methyl/N-ethyl adjacent to an activating group) is 1. The van der Waals surface area contributed by atoms with Crippen molar-refractivity contribution in [2.75, 3.05) is 44.5 Å². The smallest absolute Gasteiger partial charge is 0.148 e. The first-order chi connectivity index (χ1) is 8.38. The number of ether oxygens (including phenoxy) is 1. The highest BCUT2D eigenvalue weighted by Crippen LogP contribution is 2.19. The fraction of sp³-hybridized carbons (Fsp3) is 0.500. The molecule has 5 nitrogen and oxygen atoms in total. The van der Waals surface area contributed by atoms with Crippen molar-refractivity contribution in [2.24, 2.45) is 0 Å². The Morgan fingerprint density at radius 2 is 1.94 bits per heavy atom. The van der Waals surface area contributed by atoms with E-state index in [0.717, 1.165) is 0 Å². The highest BCUT2D eigenvalue weighted by molar-refractivity contribution is 7.90. The third kappa shape index (κ3) is 5.88. The largest absolute Gasteiger partial charge is 0.490 e. The predicted octanol–water partition coefficient (Wildman–Crippen LogP) is 0.624. The van der Waals surface area contributed by atoms with Crippen molar-refractivity contribution < 1.29 is 13.2 Å². The Labute approximate surface area is 108 Å². The molecule has 0 aliphatic carbocycles. The van der Waals surface area contributed by atoms with Crippen LogP contribution < -0.4 is 10.5 Å². The van der Waals surface area contributed by atoms with Crippen LogP contribution >= 0.6 is 0 Å². The second kappa shape index (κ2) is 6.61. The van der Waals surface area contributed by atoms with Gasteiger partial charge in [-0.2, -0.15) is 0 Å². The van der Waals surface area contributed by atoms with Crippen LogP contribution in [0.4, 0.5) is 5.69 Å². The number of sulfone groups is 1. The zero-order valence-corrected chi connectivity index (χ0v) is 11.6. The summed E-state index contributed by atoms with van der Waals surface area (Å²) in [6.07, 6.45) is 1.24. The maximum absolute atomic E-state index is 11.0. The molecule has 0 saturated heterocycles. The molecule has 1 rings (SSSR count). The van der Waals surface area contributed by atoms with E-state index in [0.29, 0.717) is 31.1 Å². The van der Waals surface area contributed by atoms with E-state index in [2.05, 4.69) is 0 Å². The van der Waals surface area contributed by atoms with Crippen molar-refractivity contribution in [3.05, 3.63) is 24.3 Å². The molecule has 0 aliphatic heterocycles. The Morgan fingerprint density at radius 1 is 1.28 bits per heavy atom. The number of nitrogens with two attached hydrogens (primary N) is 1. The van der Waals surface area contributed by atoms with Gasteiger partial charge in [-0.3, -0.25) is 0 Å². The topological polar surface area (TPSA) is 72.6 Å². The van der Waals surface area contributed by atoms with Crippen LogP contribution in [0.15, 0.2) is 24.3 Å². The summed E-state index contributed by atoms with van der Waals surface area (Å²) in [6.45, 7) is 1.64. The highest BCUT2D eigenvalue weighted by Gasteiger charge is 2.06. The molecule has 1 aromatic carbocycles. The van der Waals surface area contributed by atoms with Gasteiger partial charge in [0.25, 0.3) is 0 Å². The van der Waals surface area contributed by atoms with Gasteiger partial charge in [0.2, 0.25) is 0 Å². The number of hydrogen-bond donors (Lipinski definition) is 1. The minimum Gasteiger partial charge on any atom is -0.490 e. The van der Waals surface area contributed by atoms with Crippen molar-refractivity contribution in [3.8, 4) is 5.75 Å². The van der Waals surface area contributed by atoms with Gasteiger partial charge < -0.3 is 15.4 Å². The summed E-state index contributed by atoms with van der Waals surface area (Å²) >= 11 is 0. The molecule has 0 fully saturated rings. The normalized spacial score (nSPS) is 11.7. The molecule has 102 valence electrons. The number of nitrogen functional groups attached to an aromatic ring is 1. The maximum Gasteiger partial charge on any atom is 0.148 e. The minimum absolute atomic E-state index is 0.164. The van der Waals surface area contributed by atoms with Crippen molar-refractivity contribution in [3.63, 3.8) is 0 Å². The SMILES string of the molecule is CN(CCOc1ccccc1N)CCS(C)(=O)=O. The quantitative estimate of drug-likeness (QED) is 0.737. The number of anilines is 1. The van der Waals surface area contributed by atoms with Gasteiger partial charge in [0.05, 0.1) is 11.4 Å². The predicted molar refractivity (Wildman–Crippen MR) is 73.6 cm³/mol. The summed E-state index contributed by atoms with van der Waals surface area (Å²) in [5.41, 5.74) is 6.34. The lowest BCUT2D eigenvalue weighted by Crippen LogP contribution is -2.29. The molecular formula is C12H20N2O3S. The van der Waals surface area contributed by atoms with Crippen LogP contribution in [0.5, 0.6) is 5.75 Å². The van der Waals surface area contributed by atoms with E-state index in [1.165, 1.54) is 6.26 Å². The zero-order valence-electron chi connectivity index (χ0n) is 10.8. The molecule has 18 heavy (non-hydrogen) atoms. The molecule has 1 aromatic rings. The molecule has 0 heterocycles. The van der Waals surface area contributed by atoms with Crippen LogP contribution in [0.3, 0.4) is 0 Å². The summed E-state index contributed by atoms with van der Waals surface area (Å²) < 4.78 is 27.5. The van der Waals surface area contributed by atoms with Crippen LogP contribution in [-0.4, -0.2) is 52.1 Å². The first kappa shape index (κ1) is 14.8. The molecule has 0 bridgehead atoms. The summed E-state index contributed by atoms with van der Waals surface area (Å²) in [7, 11) is -1.04. The molecular weight excluding hydrogens is 252 g/mol. The Morgan fingerprint density at radius 3 is 2.56 bits per heavy atom. The average Bonchev–Trinajstić information content (AvgIpc) is 2.28. The molecule has 0 amide bonds. The van der Waals surface area contributed by atoms with Gasteiger partial charge in [-0.15, -0.1) is 0 Å². The van der Waals surface area contributed by atoms with Crippen molar-refractivity contribution in [1.29, 1.82) is 0 Å². The zero-order chi connectivity index (χ0) is 13.6. The van der Waals surface area contributed by atoms with Gasteiger partial charge in [-0.05, 0) is 19.2 Å². The van der Waals surface area contributed by atoms with Crippen LogP contribution in [0.1, 0.15) is 0 Å². The lowest BCUT2D eigenvalue weighted by molar-refractivity contribution is 0.245. The van der Waals surface area contributed by atoms with Gasteiger partial charge in [-0.1, -0.05) is 12.1 Å². The third-order valence-corrected chi connectivity index (χ3v) is 3.42. The molecule has 0 unspecified atom stereocenters. The van der Waals surface area contributed by atoms with Crippen LogP contribution in [0.2, 0.25) is 0 Å². The first-order valence-electron chi connectivity index (χ1n) is 5.72. The fourth-order valence-electron chi connectivity index (χ4n) is 1.36. The Kier molecular flexibility index (Phi) is 5.43. The molecule has 0 saturated carbocycles. The third-order valence-electron chi connectivity index (χ3n) is 2.49. The Hall–Kier alpha value is -1.27. The van der Waals surface area contributed by atoms with E-state index in [-0.39, 0.29) is 5.75 Å². The Balaban J connectivity index is 2.28. The van der Waals surface area contributed by atoms with Gasteiger partial charge in [0.15, 0.2) is 0 Å². The Bertz CT molecular complexity index is 474. The van der Waals surface area contributed by atoms with E-state index < -0.39 is 9.84 Å². The van der Waals surface area contributed by atoms with Crippen LogP contribution in [0, 0.1) is 0 Å². The summed E-state index contributed by atoms with van der Waals surface area (Å²) in [5, 5.41) is 0. The molecule has 0 aromatic heterocycles. The standard InChI is InChI=1S/C12H20N2O3S/c1-14(8-10-18(2,15)16)7-9-17-12-6-4-3-5-11(12)13/h3-6H,7-10,13H2,1-2H3. The van der Waals surface area contributed by atoms with Crippen molar-refractivity contribution in [2.45, 2.75) is 0 Å². The number of para-hydroxylation sites is 2. The number of hydrogen-bond acceptors (Lipinski definition) is 5. The van der Waals surface area contributed by atoms with Crippen molar-refractivity contribution >= 4 is 15.5 Å².